The van der Waals surface area contributed by atoms with E-state index in [1.54, 1.807) is 0 Å². The molecule has 1 N–H and O–H groups in total. The van der Waals surface area contributed by atoms with Crippen molar-refractivity contribution in [1.82, 2.24) is 5.32 Å². The zero-order chi connectivity index (χ0) is 12.8. The zero-order valence-corrected chi connectivity index (χ0v) is 10.9. The molecule has 1 aliphatic rings. The predicted molar refractivity (Wildman–Crippen MR) is 71.5 cm³/mol. The Bertz CT molecular complexity index is 380. The summed E-state index contributed by atoms with van der Waals surface area (Å²) in [5.41, 5.74) is 2.37. The summed E-state index contributed by atoms with van der Waals surface area (Å²) in [6.45, 7) is 3.61. The second-order valence-electron chi connectivity index (χ2n) is 4.79. The highest BCUT2D eigenvalue weighted by molar-refractivity contribution is 5.78. The third kappa shape index (κ3) is 3.84. The van der Waals surface area contributed by atoms with Crippen LogP contribution in [0.5, 0.6) is 0 Å². The summed E-state index contributed by atoms with van der Waals surface area (Å²) in [4.78, 5) is 11.8. The third-order valence-corrected chi connectivity index (χ3v) is 3.35. The van der Waals surface area contributed by atoms with Gasteiger partial charge in [0, 0.05) is 13.2 Å². The highest BCUT2D eigenvalue weighted by Crippen LogP contribution is 2.10. The fraction of sp³-hybridized carbons (Fsp3) is 0.533. The van der Waals surface area contributed by atoms with Gasteiger partial charge in [-0.15, -0.1) is 0 Å². The number of aryl methyl sites for hydroxylation is 1. The minimum atomic E-state index is 0.0785. The first-order chi connectivity index (χ1) is 8.78. The number of hydrogen-bond acceptors (Lipinski definition) is 2. The molecule has 1 heterocycles. The molecule has 0 saturated carbocycles. The maximum Gasteiger partial charge on any atom is 0.224 e. The van der Waals surface area contributed by atoms with Crippen LogP contribution in [-0.2, 0) is 22.4 Å². The maximum atomic E-state index is 11.8. The summed E-state index contributed by atoms with van der Waals surface area (Å²) in [6.07, 6.45) is 3.88. The van der Waals surface area contributed by atoms with Crippen LogP contribution in [0, 0.1) is 0 Å². The summed E-state index contributed by atoms with van der Waals surface area (Å²) >= 11 is 0. The largest absolute Gasteiger partial charge is 0.376 e. The second-order valence-corrected chi connectivity index (χ2v) is 4.79. The fourth-order valence-corrected chi connectivity index (χ4v) is 2.17. The molecule has 1 aromatic rings. The Morgan fingerprint density at radius 2 is 2.06 bits per heavy atom. The van der Waals surface area contributed by atoms with Gasteiger partial charge in [0.25, 0.3) is 0 Å². The van der Waals surface area contributed by atoms with Gasteiger partial charge in [-0.1, -0.05) is 31.2 Å². The van der Waals surface area contributed by atoms with Gasteiger partial charge in [0.1, 0.15) is 0 Å². The molecule has 1 aliphatic heterocycles. The normalized spacial score (nSPS) is 18.8. The second kappa shape index (κ2) is 6.55. The molecule has 0 spiro atoms. The summed E-state index contributed by atoms with van der Waals surface area (Å²) in [5, 5.41) is 2.94. The molecule has 1 fully saturated rings. The molecule has 0 bridgehead atoms. The number of hydrogen-bond donors (Lipinski definition) is 1. The lowest BCUT2D eigenvalue weighted by Gasteiger charge is -2.10. The van der Waals surface area contributed by atoms with Gasteiger partial charge in [-0.3, -0.25) is 4.79 Å². The predicted octanol–water partition coefficient (Wildman–Crippen LogP) is 2.09. The Hall–Kier alpha value is -1.35. The van der Waals surface area contributed by atoms with Crippen molar-refractivity contribution < 1.29 is 9.53 Å². The summed E-state index contributed by atoms with van der Waals surface area (Å²) < 4.78 is 5.47. The number of carbonyl (C=O) groups excluding carboxylic acids is 1. The van der Waals surface area contributed by atoms with Crippen LogP contribution in [0.2, 0.25) is 0 Å². The number of ether oxygens (including phenoxy) is 1. The summed E-state index contributed by atoms with van der Waals surface area (Å²) in [6, 6.07) is 8.24. The lowest BCUT2D eigenvalue weighted by molar-refractivity contribution is -0.120. The van der Waals surface area contributed by atoms with E-state index >= 15 is 0 Å². The van der Waals surface area contributed by atoms with E-state index in [1.807, 2.05) is 12.1 Å². The molecule has 1 atom stereocenters. The molecule has 0 radical (unpaired) electrons. The fourth-order valence-electron chi connectivity index (χ4n) is 2.17. The van der Waals surface area contributed by atoms with Crippen molar-refractivity contribution in [2.24, 2.45) is 0 Å². The molecule has 0 aromatic heterocycles. The van der Waals surface area contributed by atoms with Crippen LogP contribution < -0.4 is 5.32 Å². The number of amides is 1. The number of nitrogens with one attached hydrogen (secondary N) is 1. The molecule has 1 saturated heterocycles. The van der Waals surface area contributed by atoms with Crippen molar-refractivity contribution in [1.29, 1.82) is 0 Å². The van der Waals surface area contributed by atoms with Gasteiger partial charge < -0.3 is 10.1 Å². The van der Waals surface area contributed by atoms with Gasteiger partial charge in [-0.25, -0.2) is 0 Å². The van der Waals surface area contributed by atoms with Crippen LogP contribution in [0.1, 0.15) is 30.9 Å². The molecule has 1 aromatic carbocycles. The average Bonchev–Trinajstić information content (AvgIpc) is 2.90. The van der Waals surface area contributed by atoms with Crippen molar-refractivity contribution >= 4 is 5.91 Å². The Morgan fingerprint density at radius 1 is 1.33 bits per heavy atom. The molecule has 3 nitrogen and oxygen atoms in total. The Balaban J connectivity index is 1.75. The van der Waals surface area contributed by atoms with Gasteiger partial charge in [-0.2, -0.15) is 0 Å². The van der Waals surface area contributed by atoms with Crippen LogP contribution in [0.4, 0.5) is 0 Å². The monoisotopic (exact) mass is 247 g/mol. The molecule has 0 aliphatic carbocycles. The van der Waals surface area contributed by atoms with E-state index in [9.17, 15) is 4.79 Å². The third-order valence-electron chi connectivity index (χ3n) is 3.35. The summed E-state index contributed by atoms with van der Waals surface area (Å²) in [7, 11) is 0. The van der Waals surface area contributed by atoms with Gasteiger partial charge in [0.05, 0.1) is 12.5 Å². The molecule has 1 amide bonds. The van der Waals surface area contributed by atoms with Crippen LogP contribution in [-0.4, -0.2) is 25.2 Å². The quantitative estimate of drug-likeness (QED) is 0.865. The van der Waals surface area contributed by atoms with Gasteiger partial charge in [0.2, 0.25) is 5.91 Å². The first-order valence-electron chi connectivity index (χ1n) is 6.74. The van der Waals surface area contributed by atoms with Crippen LogP contribution in [0.25, 0.3) is 0 Å². The van der Waals surface area contributed by atoms with Gasteiger partial charge in [0.15, 0.2) is 0 Å². The van der Waals surface area contributed by atoms with Crippen LogP contribution >= 0.6 is 0 Å². The minimum Gasteiger partial charge on any atom is -0.376 e. The Kier molecular flexibility index (Phi) is 4.76. The lowest BCUT2D eigenvalue weighted by Crippen LogP contribution is -2.32. The van der Waals surface area contributed by atoms with E-state index in [1.165, 1.54) is 5.56 Å². The van der Waals surface area contributed by atoms with Gasteiger partial charge >= 0.3 is 0 Å². The average molecular weight is 247 g/mol. The molecular weight excluding hydrogens is 226 g/mol. The summed E-state index contributed by atoms with van der Waals surface area (Å²) in [5.74, 6) is 0.0785. The zero-order valence-electron chi connectivity index (χ0n) is 10.9. The highest BCUT2D eigenvalue weighted by atomic mass is 16.5. The van der Waals surface area contributed by atoms with Gasteiger partial charge in [-0.05, 0) is 30.4 Å². The van der Waals surface area contributed by atoms with Crippen molar-refractivity contribution in [3.63, 3.8) is 0 Å². The van der Waals surface area contributed by atoms with E-state index in [2.05, 4.69) is 24.4 Å². The standard InChI is InChI=1S/C15H21NO2/c1-2-12-5-7-13(8-6-12)10-15(17)16-11-14-4-3-9-18-14/h5-8,14H,2-4,9-11H2,1H3,(H,16,17). The minimum absolute atomic E-state index is 0.0785. The SMILES string of the molecule is CCc1ccc(CC(=O)NCC2CCCO2)cc1. The van der Waals surface area contributed by atoms with E-state index in [0.29, 0.717) is 13.0 Å². The number of benzene rings is 1. The van der Waals surface area contributed by atoms with E-state index in [0.717, 1.165) is 31.4 Å². The molecule has 3 heteroatoms. The Labute approximate surface area is 109 Å². The molecule has 18 heavy (non-hydrogen) atoms. The van der Waals surface area contributed by atoms with E-state index in [-0.39, 0.29) is 12.0 Å². The number of rotatable bonds is 5. The van der Waals surface area contributed by atoms with E-state index in [4.69, 9.17) is 4.74 Å². The molecule has 98 valence electrons. The van der Waals surface area contributed by atoms with Crippen molar-refractivity contribution in [2.45, 2.75) is 38.7 Å². The lowest BCUT2D eigenvalue weighted by atomic mass is 10.1. The van der Waals surface area contributed by atoms with Crippen LogP contribution in [0.3, 0.4) is 0 Å². The molecular formula is C15H21NO2. The van der Waals surface area contributed by atoms with Crippen LogP contribution in [0.15, 0.2) is 24.3 Å². The first-order valence-corrected chi connectivity index (χ1v) is 6.74. The van der Waals surface area contributed by atoms with E-state index < -0.39 is 0 Å². The van der Waals surface area contributed by atoms with Crippen molar-refractivity contribution in [3.05, 3.63) is 35.4 Å². The Morgan fingerprint density at radius 3 is 2.67 bits per heavy atom. The smallest absolute Gasteiger partial charge is 0.224 e. The van der Waals surface area contributed by atoms with Crippen molar-refractivity contribution in [3.8, 4) is 0 Å². The molecule has 2 rings (SSSR count). The number of carbonyl (C=O) groups is 1. The highest BCUT2D eigenvalue weighted by Gasteiger charge is 2.16. The molecule has 1 unspecified atom stereocenters. The first kappa shape index (κ1) is 13.1. The maximum absolute atomic E-state index is 11.8. The van der Waals surface area contributed by atoms with Crippen molar-refractivity contribution in [2.75, 3.05) is 13.2 Å². The topological polar surface area (TPSA) is 38.3 Å².